The lowest BCUT2D eigenvalue weighted by Gasteiger charge is -2.35. The molecule has 0 aromatic carbocycles. The minimum Gasteiger partial charge on any atom is -0.297 e. The summed E-state index contributed by atoms with van der Waals surface area (Å²) in [5.41, 5.74) is 1.19. The Morgan fingerprint density at radius 1 is 1.26 bits per heavy atom. The molecule has 2 fully saturated rings. The van der Waals surface area contributed by atoms with Crippen LogP contribution in [-0.4, -0.2) is 55.0 Å². The molecule has 2 heterocycles. The van der Waals surface area contributed by atoms with E-state index in [1.54, 1.807) is 7.05 Å². The number of rotatable bonds is 5. The van der Waals surface area contributed by atoms with Crippen molar-refractivity contribution in [3.63, 3.8) is 0 Å². The Morgan fingerprint density at radius 3 is 2.52 bits per heavy atom. The molecule has 0 N–H and O–H groups in total. The molecule has 0 atom stereocenters. The number of thiazole rings is 1. The molecule has 1 aliphatic carbocycles. The lowest BCUT2D eigenvalue weighted by molar-refractivity contribution is 0.163. The van der Waals surface area contributed by atoms with Crippen LogP contribution in [-0.2, 0) is 16.6 Å². The lowest BCUT2D eigenvalue weighted by atomic mass is 10.1. The van der Waals surface area contributed by atoms with Crippen molar-refractivity contribution in [2.45, 2.75) is 57.0 Å². The molecule has 1 aromatic rings. The van der Waals surface area contributed by atoms with Gasteiger partial charge >= 0.3 is 0 Å². The maximum atomic E-state index is 11.6. The van der Waals surface area contributed by atoms with Gasteiger partial charge in [0.25, 0.3) is 0 Å². The highest BCUT2D eigenvalue weighted by molar-refractivity contribution is 7.88. The summed E-state index contributed by atoms with van der Waals surface area (Å²) in [4.78, 5) is 7.25. The van der Waals surface area contributed by atoms with E-state index in [9.17, 15) is 8.42 Å². The second-order valence-electron chi connectivity index (χ2n) is 6.94. The SMILES string of the molecule is CN(C1CCN(Cc2csc(C3CCCC3)n2)CC1)S(C)(=O)=O. The van der Waals surface area contributed by atoms with E-state index >= 15 is 0 Å². The fourth-order valence-electron chi connectivity index (χ4n) is 3.70. The zero-order valence-corrected chi connectivity index (χ0v) is 15.7. The van der Waals surface area contributed by atoms with Crippen LogP contribution >= 0.6 is 11.3 Å². The second-order valence-corrected chi connectivity index (χ2v) is 9.88. The summed E-state index contributed by atoms with van der Waals surface area (Å²) >= 11 is 1.82. The molecule has 1 aliphatic heterocycles. The smallest absolute Gasteiger partial charge is 0.211 e. The molecule has 1 saturated heterocycles. The molecule has 0 bridgehead atoms. The summed E-state index contributed by atoms with van der Waals surface area (Å²) in [6.07, 6.45) is 8.40. The number of aromatic nitrogens is 1. The van der Waals surface area contributed by atoms with Crippen LogP contribution in [0.1, 0.15) is 55.1 Å². The van der Waals surface area contributed by atoms with E-state index in [1.165, 1.54) is 46.9 Å². The van der Waals surface area contributed by atoms with Crippen molar-refractivity contribution in [1.82, 2.24) is 14.2 Å². The Hall–Kier alpha value is -0.500. The first kappa shape index (κ1) is 17.3. The Morgan fingerprint density at radius 2 is 1.91 bits per heavy atom. The van der Waals surface area contributed by atoms with Crippen molar-refractivity contribution in [2.24, 2.45) is 0 Å². The van der Waals surface area contributed by atoms with E-state index in [4.69, 9.17) is 4.98 Å². The van der Waals surface area contributed by atoms with Gasteiger partial charge in [-0.15, -0.1) is 11.3 Å². The summed E-state index contributed by atoms with van der Waals surface area (Å²) < 4.78 is 24.8. The number of nitrogens with zero attached hydrogens (tertiary/aromatic N) is 3. The topological polar surface area (TPSA) is 53.5 Å². The largest absolute Gasteiger partial charge is 0.297 e. The van der Waals surface area contributed by atoms with E-state index in [0.717, 1.165) is 32.5 Å². The number of hydrogen-bond acceptors (Lipinski definition) is 5. The van der Waals surface area contributed by atoms with Crippen LogP contribution in [0.25, 0.3) is 0 Å². The highest BCUT2D eigenvalue weighted by atomic mass is 32.2. The first-order valence-corrected chi connectivity index (χ1v) is 11.3. The van der Waals surface area contributed by atoms with Gasteiger partial charge in [0, 0.05) is 44.0 Å². The lowest BCUT2D eigenvalue weighted by Crippen LogP contribution is -2.44. The molecule has 0 unspecified atom stereocenters. The highest BCUT2D eigenvalue weighted by Gasteiger charge is 2.27. The van der Waals surface area contributed by atoms with Gasteiger partial charge in [-0.25, -0.2) is 17.7 Å². The van der Waals surface area contributed by atoms with E-state index in [0.29, 0.717) is 5.92 Å². The molecule has 0 radical (unpaired) electrons. The molecule has 5 nitrogen and oxygen atoms in total. The van der Waals surface area contributed by atoms with Crippen LogP contribution in [0.2, 0.25) is 0 Å². The first-order valence-electron chi connectivity index (χ1n) is 8.53. The monoisotopic (exact) mass is 357 g/mol. The minimum atomic E-state index is -3.08. The van der Waals surface area contributed by atoms with Crippen LogP contribution in [0, 0.1) is 0 Å². The summed E-state index contributed by atoms with van der Waals surface area (Å²) in [5.74, 6) is 0.697. The average molecular weight is 358 g/mol. The third kappa shape index (κ3) is 4.32. The van der Waals surface area contributed by atoms with Gasteiger partial charge in [-0.05, 0) is 25.7 Å². The molecule has 0 spiro atoms. The third-order valence-corrected chi connectivity index (χ3v) is 7.65. The number of piperidine rings is 1. The van der Waals surface area contributed by atoms with Crippen LogP contribution < -0.4 is 0 Å². The van der Waals surface area contributed by atoms with Crippen LogP contribution in [0.4, 0.5) is 0 Å². The summed E-state index contributed by atoms with van der Waals surface area (Å²) in [6.45, 7) is 2.79. The van der Waals surface area contributed by atoms with E-state index in [1.807, 2.05) is 11.3 Å². The zero-order chi connectivity index (χ0) is 16.4. The fourth-order valence-corrected chi connectivity index (χ4v) is 5.43. The van der Waals surface area contributed by atoms with Gasteiger partial charge in [0.2, 0.25) is 10.0 Å². The van der Waals surface area contributed by atoms with Gasteiger partial charge in [0.05, 0.1) is 17.0 Å². The molecule has 2 aliphatic rings. The van der Waals surface area contributed by atoms with Gasteiger partial charge in [-0.1, -0.05) is 12.8 Å². The van der Waals surface area contributed by atoms with Crippen LogP contribution in [0.3, 0.4) is 0 Å². The van der Waals surface area contributed by atoms with Crippen molar-refractivity contribution in [3.05, 3.63) is 16.1 Å². The summed E-state index contributed by atoms with van der Waals surface area (Å²) in [6, 6.07) is 0.144. The molecule has 130 valence electrons. The standard InChI is InChI=1S/C16H27N3O2S2/c1-18(23(2,20)21)15-7-9-19(10-8-15)11-14-12-22-16(17-14)13-5-3-4-6-13/h12-13,15H,3-11H2,1-2H3. The van der Waals surface area contributed by atoms with Crippen molar-refractivity contribution >= 4 is 21.4 Å². The highest BCUT2D eigenvalue weighted by Crippen LogP contribution is 2.35. The van der Waals surface area contributed by atoms with Crippen molar-refractivity contribution in [2.75, 3.05) is 26.4 Å². The van der Waals surface area contributed by atoms with E-state index < -0.39 is 10.0 Å². The molecular formula is C16H27N3O2S2. The minimum absolute atomic E-state index is 0.144. The molecule has 3 rings (SSSR count). The maximum Gasteiger partial charge on any atom is 0.211 e. The van der Waals surface area contributed by atoms with Crippen LogP contribution in [0.15, 0.2) is 5.38 Å². The van der Waals surface area contributed by atoms with Crippen molar-refractivity contribution < 1.29 is 8.42 Å². The summed E-state index contributed by atoms with van der Waals surface area (Å²) in [5, 5.41) is 3.53. The molecule has 23 heavy (non-hydrogen) atoms. The second kappa shape index (κ2) is 7.17. The van der Waals surface area contributed by atoms with E-state index in [2.05, 4.69) is 10.3 Å². The molecular weight excluding hydrogens is 330 g/mol. The van der Waals surface area contributed by atoms with Gasteiger partial charge in [-0.3, -0.25) is 4.90 Å². The molecule has 1 saturated carbocycles. The fraction of sp³-hybridized carbons (Fsp3) is 0.812. The van der Waals surface area contributed by atoms with E-state index in [-0.39, 0.29) is 6.04 Å². The molecule has 1 aromatic heterocycles. The quantitative estimate of drug-likeness (QED) is 0.813. The Bertz CT molecular complexity index is 615. The number of sulfonamides is 1. The first-order chi connectivity index (χ1) is 10.9. The zero-order valence-electron chi connectivity index (χ0n) is 14.1. The summed E-state index contributed by atoms with van der Waals surface area (Å²) in [7, 11) is -1.38. The Balaban J connectivity index is 1.51. The molecule has 0 amide bonds. The predicted molar refractivity (Wildman–Crippen MR) is 94.2 cm³/mol. The average Bonchev–Trinajstić information content (AvgIpc) is 3.17. The van der Waals surface area contributed by atoms with Crippen molar-refractivity contribution in [3.8, 4) is 0 Å². The van der Waals surface area contributed by atoms with Gasteiger partial charge in [0.15, 0.2) is 0 Å². The van der Waals surface area contributed by atoms with Crippen molar-refractivity contribution in [1.29, 1.82) is 0 Å². The number of hydrogen-bond donors (Lipinski definition) is 0. The number of likely N-dealkylation sites (tertiary alicyclic amines) is 1. The predicted octanol–water partition coefficient (Wildman–Crippen LogP) is 2.66. The van der Waals surface area contributed by atoms with Gasteiger partial charge in [-0.2, -0.15) is 0 Å². The van der Waals surface area contributed by atoms with Crippen LogP contribution in [0.5, 0.6) is 0 Å². The third-order valence-electron chi connectivity index (χ3n) is 5.25. The van der Waals surface area contributed by atoms with Gasteiger partial charge in [0.1, 0.15) is 0 Å². The normalized spacial score (nSPS) is 22.2. The Labute approximate surface area is 143 Å². The molecule has 7 heteroatoms. The maximum absolute atomic E-state index is 11.6. The van der Waals surface area contributed by atoms with Gasteiger partial charge < -0.3 is 0 Å². The Kier molecular flexibility index (Phi) is 5.40.